The zero-order valence-electron chi connectivity index (χ0n) is 11.0. The van der Waals surface area contributed by atoms with Gasteiger partial charge in [-0.15, -0.1) is 0 Å². The molecule has 0 saturated carbocycles. The lowest BCUT2D eigenvalue weighted by atomic mass is 10.2. The Labute approximate surface area is 125 Å². The molecule has 1 N–H and O–H groups in total. The number of rotatable bonds is 4. The molecule has 0 aliphatic heterocycles. The minimum absolute atomic E-state index is 0.239. The van der Waals surface area contributed by atoms with Crippen LogP contribution < -0.4 is 14.8 Å². The summed E-state index contributed by atoms with van der Waals surface area (Å²) < 4.78 is 11.0. The number of anilines is 1. The summed E-state index contributed by atoms with van der Waals surface area (Å²) in [5, 5.41) is 2.77. The molecule has 0 radical (unpaired) electrons. The summed E-state index contributed by atoms with van der Waals surface area (Å²) in [6, 6.07) is 8.57. The van der Waals surface area contributed by atoms with Crippen molar-refractivity contribution in [2.75, 3.05) is 19.5 Å². The van der Waals surface area contributed by atoms with Crippen LogP contribution >= 0.6 is 15.9 Å². The summed E-state index contributed by atoms with van der Waals surface area (Å²) in [6.07, 6.45) is 1.50. The van der Waals surface area contributed by atoms with E-state index in [1.54, 1.807) is 44.6 Å². The molecule has 5 nitrogen and oxygen atoms in total. The third-order valence-electron chi connectivity index (χ3n) is 2.63. The largest absolute Gasteiger partial charge is 0.493 e. The number of methoxy groups -OCH3 is 2. The van der Waals surface area contributed by atoms with Gasteiger partial charge in [0.1, 0.15) is 4.60 Å². The van der Waals surface area contributed by atoms with Gasteiger partial charge in [-0.25, -0.2) is 4.98 Å². The van der Waals surface area contributed by atoms with Crippen LogP contribution in [0.3, 0.4) is 0 Å². The van der Waals surface area contributed by atoms with Crippen LogP contribution in [-0.2, 0) is 0 Å². The van der Waals surface area contributed by atoms with Crippen molar-refractivity contribution in [3.05, 3.63) is 46.7 Å². The molecule has 0 saturated heterocycles. The second-order valence-electron chi connectivity index (χ2n) is 3.89. The first-order valence-corrected chi connectivity index (χ1v) is 6.58. The zero-order valence-corrected chi connectivity index (χ0v) is 12.6. The third kappa shape index (κ3) is 3.27. The molecule has 0 spiro atoms. The van der Waals surface area contributed by atoms with Gasteiger partial charge in [-0.3, -0.25) is 4.79 Å². The number of nitrogens with one attached hydrogen (secondary N) is 1. The van der Waals surface area contributed by atoms with Gasteiger partial charge in [-0.05, 0) is 40.2 Å². The Hall–Kier alpha value is -2.08. The first-order valence-electron chi connectivity index (χ1n) is 5.79. The van der Waals surface area contributed by atoms with Gasteiger partial charge in [0, 0.05) is 18.0 Å². The molecule has 0 unspecified atom stereocenters. The molecule has 0 aliphatic rings. The van der Waals surface area contributed by atoms with Gasteiger partial charge < -0.3 is 14.8 Å². The molecular weight excluding hydrogens is 324 g/mol. The maximum Gasteiger partial charge on any atom is 0.257 e. The van der Waals surface area contributed by atoms with Crippen molar-refractivity contribution in [1.29, 1.82) is 0 Å². The number of hydrogen-bond acceptors (Lipinski definition) is 4. The lowest BCUT2D eigenvalue weighted by Crippen LogP contribution is -2.12. The van der Waals surface area contributed by atoms with Crippen LogP contribution in [0.15, 0.2) is 41.1 Å². The Balaban J connectivity index is 2.17. The second kappa shape index (κ2) is 6.38. The molecule has 0 atom stereocenters. The Kier molecular flexibility index (Phi) is 4.57. The number of carbonyl (C=O) groups is 1. The van der Waals surface area contributed by atoms with E-state index in [2.05, 4.69) is 26.2 Å². The highest BCUT2D eigenvalue weighted by atomic mass is 79.9. The predicted octanol–water partition coefficient (Wildman–Crippen LogP) is 3.11. The van der Waals surface area contributed by atoms with Crippen molar-refractivity contribution in [2.24, 2.45) is 0 Å². The quantitative estimate of drug-likeness (QED) is 0.871. The van der Waals surface area contributed by atoms with Crippen molar-refractivity contribution in [3.63, 3.8) is 0 Å². The maximum absolute atomic E-state index is 12.0. The van der Waals surface area contributed by atoms with Gasteiger partial charge in [0.25, 0.3) is 5.91 Å². The third-order valence-corrected chi connectivity index (χ3v) is 3.10. The fraction of sp³-hybridized carbons (Fsp3) is 0.143. The number of halogens is 1. The number of nitrogens with zero attached hydrogens (tertiary/aromatic N) is 1. The lowest BCUT2D eigenvalue weighted by molar-refractivity contribution is 0.102. The number of aromatic nitrogens is 1. The first kappa shape index (κ1) is 14.3. The van der Waals surface area contributed by atoms with Gasteiger partial charge in [0.05, 0.1) is 19.8 Å². The van der Waals surface area contributed by atoms with Gasteiger partial charge in [0.2, 0.25) is 0 Å². The van der Waals surface area contributed by atoms with E-state index in [1.165, 1.54) is 6.20 Å². The highest BCUT2D eigenvalue weighted by Crippen LogP contribution is 2.29. The minimum Gasteiger partial charge on any atom is -0.493 e. The molecule has 0 fully saturated rings. The summed E-state index contributed by atoms with van der Waals surface area (Å²) in [5.41, 5.74) is 1.10. The van der Waals surface area contributed by atoms with E-state index in [0.717, 1.165) is 0 Å². The summed E-state index contributed by atoms with van der Waals surface area (Å²) in [5.74, 6) is 0.923. The van der Waals surface area contributed by atoms with E-state index in [1.807, 2.05) is 0 Å². The molecule has 1 amide bonds. The fourth-order valence-corrected chi connectivity index (χ4v) is 1.86. The number of pyridine rings is 1. The van der Waals surface area contributed by atoms with Crippen molar-refractivity contribution >= 4 is 27.5 Å². The maximum atomic E-state index is 12.0. The molecule has 1 heterocycles. The lowest BCUT2D eigenvalue weighted by Gasteiger charge is -2.10. The highest BCUT2D eigenvalue weighted by molar-refractivity contribution is 9.10. The highest BCUT2D eigenvalue weighted by Gasteiger charge is 2.09. The predicted molar refractivity (Wildman–Crippen MR) is 79.4 cm³/mol. The molecule has 0 bridgehead atoms. The Morgan fingerprint density at radius 3 is 2.50 bits per heavy atom. The molecule has 2 rings (SSSR count). The number of benzene rings is 1. The van der Waals surface area contributed by atoms with Crippen molar-refractivity contribution < 1.29 is 14.3 Å². The molecule has 1 aromatic heterocycles. The van der Waals surface area contributed by atoms with Crippen LogP contribution in [-0.4, -0.2) is 25.1 Å². The van der Waals surface area contributed by atoms with E-state index in [0.29, 0.717) is 27.4 Å². The summed E-state index contributed by atoms with van der Waals surface area (Å²) in [6.45, 7) is 0. The SMILES string of the molecule is COc1ccc(NC(=O)c2ccc(Br)nc2)cc1OC. The zero-order chi connectivity index (χ0) is 14.5. The average molecular weight is 337 g/mol. The smallest absolute Gasteiger partial charge is 0.257 e. The minimum atomic E-state index is -0.239. The number of amides is 1. The summed E-state index contributed by atoms with van der Waals surface area (Å²) in [7, 11) is 3.10. The van der Waals surface area contributed by atoms with E-state index in [-0.39, 0.29) is 5.91 Å². The summed E-state index contributed by atoms with van der Waals surface area (Å²) >= 11 is 3.22. The fourth-order valence-electron chi connectivity index (χ4n) is 1.63. The average Bonchev–Trinajstić information content (AvgIpc) is 2.47. The molecule has 20 heavy (non-hydrogen) atoms. The van der Waals surface area contributed by atoms with E-state index < -0.39 is 0 Å². The van der Waals surface area contributed by atoms with Gasteiger partial charge in [-0.1, -0.05) is 0 Å². The van der Waals surface area contributed by atoms with Crippen molar-refractivity contribution in [2.45, 2.75) is 0 Å². The van der Waals surface area contributed by atoms with Crippen molar-refractivity contribution in [1.82, 2.24) is 4.98 Å². The van der Waals surface area contributed by atoms with E-state index in [9.17, 15) is 4.79 Å². The second-order valence-corrected chi connectivity index (χ2v) is 4.71. The van der Waals surface area contributed by atoms with E-state index in [4.69, 9.17) is 9.47 Å². The number of ether oxygens (including phenoxy) is 2. The molecule has 6 heteroatoms. The topological polar surface area (TPSA) is 60.5 Å². The molecule has 0 aliphatic carbocycles. The Morgan fingerprint density at radius 1 is 1.15 bits per heavy atom. The summed E-state index contributed by atoms with van der Waals surface area (Å²) in [4.78, 5) is 16.1. The van der Waals surface area contributed by atoms with Crippen LogP contribution in [0.2, 0.25) is 0 Å². The van der Waals surface area contributed by atoms with Gasteiger partial charge in [0.15, 0.2) is 11.5 Å². The molecule has 1 aromatic carbocycles. The molecule has 104 valence electrons. The number of hydrogen-bond donors (Lipinski definition) is 1. The van der Waals surface area contributed by atoms with Crippen LogP contribution in [0.5, 0.6) is 11.5 Å². The van der Waals surface area contributed by atoms with Gasteiger partial charge >= 0.3 is 0 Å². The normalized spacial score (nSPS) is 9.95. The number of carbonyl (C=O) groups excluding carboxylic acids is 1. The Bertz CT molecular complexity index is 614. The monoisotopic (exact) mass is 336 g/mol. The van der Waals surface area contributed by atoms with Gasteiger partial charge in [-0.2, -0.15) is 0 Å². The van der Waals surface area contributed by atoms with E-state index >= 15 is 0 Å². The van der Waals surface area contributed by atoms with Crippen LogP contribution in [0.1, 0.15) is 10.4 Å². The Morgan fingerprint density at radius 2 is 1.90 bits per heavy atom. The van der Waals surface area contributed by atoms with Crippen LogP contribution in [0.4, 0.5) is 5.69 Å². The molecular formula is C14H13BrN2O3. The molecule has 2 aromatic rings. The standard InChI is InChI=1S/C14H13BrN2O3/c1-19-11-5-4-10(7-12(11)20-2)17-14(18)9-3-6-13(15)16-8-9/h3-8H,1-2H3,(H,17,18). The first-order chi connectivity index (χ1) is 9.63. The van der Waals surface area contributed by atoms with Crippen LogP contribution in [0.25, 0.3) is 0 Å². The van der Waals surface area contributed by atoms with Crippen LogP contribution in [0, 0.1) is 0 Å². The van der Waals surface area contributed by atoms with Crippen molar-refractivity contribution in [3.8, 4) is 11.5 Å².